The van der Waals surface area contributed by atoms with Crippen molar-refractivity contribution in [3.63, 3.8) is 0 Å². The molecule has 1 aromatic rings. The van der Waals surface area contributed by atoms with E-state index in [1.807, 2.05) is 0 Å². The Kier molecular flexibility index (Phi) is 3.22. The van der Waals surface area contributed by atoms with Crippen LogP contribution < -0.4 is 0 Å². The molecule has 1 heteroatoms. The van der Waals surface area contributed by atoms with Crippen molar-refractivity contribution in [2.45, 2.75) is 39.5 Å². The van der Waals surface area contributed by atoms with Gasteiger partial charge in [-0.2, -0.15) is 0 Å². The van der Waals surface area contributed by atoms with Gasteiger partial charge in [-0.25, -0.2) is 0 Å². The molecule has 0 saturated heterocycles. The molecule has 0 fully saturated rings. The van der Waals surface area contributed by atoms with Crippen molar-refractivity contribution < 1.29 is 0 Å². The molecule has 0 aliphatic carbocycles. The van der Waals surface area contributed by atoms with Gasteiger partial charge in [0, 0.05) is 0 Å². The maximum atomic E-state index is 2.35. The van der Waals surface area contributed by atoms with E-state index < -0.39 is 0 Å². The second-order valence-corrected chi connectivity index (χ2v) is 6.82. The van der Waals surface area contributed by atoms with E-state index in [0.717, 1.165) is 11.8 Å². The van der Waals surface area contributed by atoms with Crippen LogP contribution in [0.25, 0.3) is 0 Å². The van der Waals surface area contributed by atoms with Crippen LogP contribution in [0.4, 0.5) is 0 Å². The van der Waals surface area contributed by atoms with Gasteiger partial charge in [0.1, 0.15) is 0 Å². The van der Waals surface area contributed by atoms with E-state index in [4.69, 9.17) is 0 Å². The van der Waals surface area contributed by atoms with Gasteiger partial charge in [0.15, 0.2) is 0 Å². The summed E-state index contributed by atoms with van der Waals surface area (Å²) in [7, 11) is 0. The molecule has 1 rings (SSSR count). The average molecular weight is 264 g/mol. The van der Waals surface area contributed by atoms with Gasteiger partial charge in [-0.3, -0.25) is 0 Å². The molecule has 0 spiro atoms. The second kappa shape index (κ2) is 3.78. The predicted molar refractivity (Wildman–Crippen MR) is 51.6 cm³/mol. The van der Waals surface area contributed by atoms with Crippen LogP contribution in [0.15, 0.2) is 12.1 Å². The first-order chi connectivity index (χ1) is 5.11. The zero-order valence-electron chi connectivity index (χ0n) is 7.72. The third-order valence-electron chi connectivity index (χ3n) is 1.79. The number of rotatable bonds is 2. The van der Waals surface area contributed by atoms with Gasteiger partial charge >= 0.3 is 79.3 Å². The maximum absolute atomic E-state index is 2.35. The summed E-state index contributed by atoms with van der Waals surface area (Å²) < 4.78 is 3.44. The van der Waals surface area contributed by atoms with Crippen molar-refractivity contribution in [2.75, 3.05) is 0 Å². The van der Waals surface area contributed by atoms with Crippen LogP contribution in [0.2, 0.25) is 0 Å². The molecule has 0 aliphatic heterocycles. The molecule has 0 radical (unpaired) electrons. The van der Waals surface area contributed by atoms with Crippen molar-refractivity contribution in [3.05, 3.63) is 19.3 Å². The monoisotopic (exact) mass is 266 g/mol. The molecule has 11 heavy (non-hydrogen) atoms. The van der Waals surface area contributed by atoms with E-state index in [-0.39, 0.29) is 20.4 Å². The summed E-state index contributed by atoms with van der Waals surface area (Å²) in [5.74, 6) is 1.56. The van der Waals surface area contributed by atoms with E-state index in [1.54, 1.807) is 7.16 Å². The van der Waals surface area contributed by atoms with E-state index in [1.165, 1.54) is 0 Å². The van der Waals surface area contributed by atoms with Crippen LogP contribution >= 0.6 is 0 Å². The third-order valence-corrected chi connectivity index (χ3v) is 6.60. The van der Waals surface area contributed by atoms with E-state index in [2.05, 4.69) is 39.8 Å². The molecule has 0 amide bonds. The molecule has 0 unspecified atom stereocenters. The van der Waals surface area contributed by atoms with Gasteiger partial charge in [-0.1, -0.05) is 0 Å². The molecule has 0 saturated carbocycles. The van der Waals surface area contributed by atoms with Crippen molar-refractivity contribution in [3.8, 4) is 0 Å². The van der Waals surface area contributed by atoms with Gasteiger partial charge in [0.2, 0.25) is 0 Å². The fourth-order valence-electron chi connectivity index (χ4n) is 0.989. The van der Waals surface area contributed by atoms with Gasteiger partial charge in [0.25, 0.3) is 0 Å². The summed E-state index contributed by atoms with van der Waals surface area (Å²) in [6.45, 7) is 9.20. The Morgan fingerprint density at radius 1 is 0.909 bits per heavy atom. The van der Waals surface area contributed by atoms with Crippen LogP contribution in [-0.2, 0) is 0 Å². The van der Waals surface area contributed by atoms with Crippen molar-refractivity contribution in [1.29, 1.82) is 0 Å². The Labute approximate surface area is 79.2 Å². The van der Waals surface area contributed by atoms with Crippen molar-refractivity contribution >= 4 is 20.4 Å². The average Bonchev–Trinajstić information content (AvgIpc) is 2.33. The third kappa shape index (κ3) is 2.35. The fraction of sp³-hybridized carbons (Fsp3) is 0.600. The van der Waals surface area contributed by atoms with Crippen LogP contribution in [-0.4, -0.2) is 20.4 Å². The van der Waals surface area contributed by atoms with E-state index in [9.17, 15) is 0 Å². The molecule has 1 aromatic heterocycles. The number of hydrogen-bond donors (Lipinski definition) is 0. The summed E-state index contributed by atoms with van der Waals surface area (Å²) in [5.41, 5.74) is 0. The summed E-state index contributed by atoms with van der Waals surface area (Å²) in [6, 6.07) is 4.70. The molecular formula is C10H16Te. The topological polar surface area (TPSA) is 0 Å². The Morgan fingerprint density at radius 3 is 1.45 bits per heavy atom. The fourth-order valence-corrected chi connectivity index (χ4v) is 3.89. The van der Waals surface area contributed by atoms with Crippen LogP contribution in [0.1, 0.15) is 46.7 Å². The zero-order valence-corrected chi connectivity index (χ0v) is 10.0. The molecule has 0 nitrogen and oxygen atoms in total. The summed E-state index contributed by atoms with van der Waals surface area (Å²) in [5, 5.41) is 0. The minimum absolute atomic E-state index is 0.0765. The molecule has 0 aromatic carbocycles. The molecule has 62 valence electrons. The van der Waals surface area contributed by atoms with Gasteiger partial charge < -0.3 is 0 Å². The zero-order chi connectivity index (χ0) is 8.43. The molecule has 1 heterocycles. The summed E-state index contributed by atoms with van der Waals surface area (Å²) in [4.78, 5) is 0. The van der Waals surface area contributed by atoms with Crippen LogP contribution in [0.5, 0.6) is 0 Å². The quantitative estimate of drug-likeness (QED) is 0.720. The molecule has 0 atom stereocenters. The van der Waals surface area contributed by atoms with Crippen molar-refractivity contribution in [1.82, 2.24) is 0 Å². The van der Waals surface area contributed by atoms with Crippen LogP contribution in [0, 0.1) is 0 Å². The Bertz CT molecular complexity index is 198. The first-order valence-electron chi connectivity index (χ1n) is 4.21. The molecule has 0 aliphatic rings. The number of hydrogen-bond acceptors (Lipinski definition) is 0. The SMILES string of the molecule is CC(C)c1ccc(C(C)C)[te]1. The normalized spacial score (nSPS) is 11.5. The summed E-state index contributed by atoms with van der Waals surface area (Å²) in [6.07, 6.45) is 0. The first kappa shape index (κ1) is 9.36. The Hall–Kier alpha value is 0.270. The van der Waals surface area contributed by atoms with Crippen molar-refractivity contribution in [2.24, 2.45) is 0 Å². The van der Waals surface area contributed by atoms with Gasteiger partial charge in [0.05, 0.1) is 0 Å². The van der Waals surface area contributed by atoms with E-state index in [0.29, 0.717) is 0 Å². The van der Waals surface area contributed by atoms with Gasteiger partial charge in [-0.05, 0) is 0 Å². The second-order valence-electron chi connectivity index (χ2n) is 3.55. The Morgan fingerprint density at radius 2 is 1.27 bits per heavy atom. The minimum atomic E-state index is 0.0765. The Balaban J connectivity index is 2.82. The van der Waals surface area contributed by atoms with E-state index >= 15 is 0 Å². The molecular weight excluding hydrogens is 248 g/mol. The predicted octanol–water partition coefficient (Wildman–Crippen LogP) is 2.99. The molecule has 0 N–H and O–H groups in total. The van der Waals surface area contributed by atoms with Crippen LogP contribution in [0.3, 0.4) is 0 Å². The standard InChI is InChI=1S/C10H16Te/c1-7(2)9-5-6-10(11-9)8(3)4/h5-8H,1-4H3. The molecule has 0 bridgehead atoms. The van der Waals surface area contributed by atoms with Gasteiger partial charge in [-0.15, -0.1) is 0 Å². The summed E-state index contributed by atoms with van der Waals surface area (Å²) >= 11 is 0.0765. The first-order valence-corrected chi connectivity index (χ1v) is 6.54.